The second-order valence-corrected chi connectivity index (χ2v) is 7.65. The number of carbonyl (C=O) groups excluding carboxylic acids is 2. The van der Waals surface area contributed by atoms with E-state index < -0.39 is 0 Å². The van der Waals surface area contributed by atoms with Gasteiger partial charge in [-0.05, 0) is 64.4 Å². The van der Waals surface area contributed by atoms with E-state index in [9.17, 15) is 9.59 Å². The van der Waals surface area contributed by atoms with E-state index in [2.05, 4.69) is 10.5 Å². The molecule has 0 spiro atoms. The van der Waals surface area contributed by atoms with Crippen LogP contribution in [-0.4, -0.2) is 28.8 Å². The van der Waals surface area contributed by atoms with Gasteiger partial charge in [0.15, 0.2) is 0 Å². The van der Waals surface area contributed by atoms with Gasteiger partial charge in [-0.2, -0.15) is 5.10 Å². The Morgan fingerprint density at radius 1 is 1.00 bits per heavy atom. The summed E-state index contributed by atoms with van der Waals surface area (Å²) in [5, 5.41) is 4.14. The molecule has 0 saturated heterocycles. The summed E-state index contributed by atoms with van der Waals surface area (Å²) in [7, 11) is 0. The van der Waals surface area contributed by atoms with Crippen LogP contribution in [0.1, 0.15) is 57.1 Å². The van der Waals surface area contributed by atoms with Gasteiger partial charge in [-0.3, -0.25) is 4.79 Å². The number of amides is 1. The summed E-state index contributed by atoms with van der Waals surface area (Å²) in [5.74, 6) is -0.622. The quantitative estimate of drug-likeness (QED) is 0.358. The number of nitrogens with one attached hydrogen (secondary N) is 1. The van der Waals surface area contributed by atoms with Gasteiger partial charge in [0, 0.05) is 22.5 Å². The van der Waals surface area contributed by atoms with Crippen LogP contribution in [0.4, 0.5) is 0 Å². The van der Waals surface area contributed by atoms with Crippen molar-refractivity contribution >= 4 is 18.1 Å². The molecule has 0 aliphatic carbocycles. The van der Waals surface area contributed by atoms with E-state index in [1.165, 1.54) is 0 Å². The van der Waals surface area contributed by atoms with Gasteiger partial charge in [0.05, 0.1) is 23.6 Å². The summed E-state index contributed by atoms with van der Waals surface area (Å²) >= 11 is 0. The number of aromatic nitrogens is 1. The molecule has 0 aliphatic heterocycles. The van der Waals surface area contributed by atoms with Crippen LogP contribution >= 0.6 is 0 Å². The van der Waals surface area contributed by atoms with Crippen molar-refractivity contribution in [2.24, 2.45) is 5.10 Å². The van der Waals surface area contributed by atoms with Crippen LogP contribution in [0.5, 0.6) is 0 Å². The Hall–Kier alpha value is -3.67. The molecule has 0 bridgehead atoms. The molecule has 0 radical (unpaired) electrons. The Morgan fingerprint density at radius 3 is 2.32 bits per heavy atom. The van der Waals surface area contributed by atoms with Crippen LogP contribution < -0.4 is 5.43 Å². The molecular weight excluding hydrogens is 390 g/mol. The fourth-order valence-corrected chi connectivity index (χ4v) is 3.46. The second kappa shape index (κ2) is 9.43. The second-order valence-electron chi connectivity index (χ2n) is 7.65. The molecule has 0 saturated carbocycles. The highest BCUT2D eigenvalue weighted by Gasteiger charge is 2.18. The zero-order valence-electron chi connectivity index (χ0n) is 18.5. The molecule has 1 heterocycles. The van der Waals surface area contributed by atoms with Crippen molar-refractivity contribution in [3.8, 4) is 5.69 Å². The SMILES string of the molecule is Cc1ccccc1C(=O)N/N=C\c1cc(C)n(-c2ccccc2C(=O)OC(C)C)c1C. The molecule has 1 amide bonds. The van der Waals surface area contributed by atoms with Crippen molar-refractivity contribution in [2.45, 2.75) is 40.7 Å². The van der Waals surface area contributed by atoms with E-state index in [0.29, 0.717) is 11.1 Å². The van der Waals surface area contributed by atoms with Crippen LogP contribution in [0.15, 0.2) is 59.7 Å². The van der Waals surface area contributed by atoms with Crippen molar-refractivity contribution in [2.75, 3.05) is 0 Å². The molecule has 3 rings (SSSR count). The Morgan fingerprint density at radius 2 is 1.65 bits per heavy atom. The van der Waals surface area contributed by atoms with Crippen LogP contribution in [0, 0.1) is 20.8 Å². The monoisotopic (exact) mass is 417 g/mol. The molecule has 1 N–H and O–H groups in total. The van der Waals surface area contributed by atoms with E-state index in [1.807, 2.05) is 81.7 Å². The first kappa shape index (κ1) is 22.0. The number of ether oxygens (including phenoxy) is 1. The average molecular weight is 418 g/mol. The molecule has 3 aromatic rings. The number of carbonyl (C=O) groups is 2. The minimum absolute atomic E-state index is 0.202. The van der Waals surface area contributed by atoms with E-state index in [-0.39, 0.29) is 18.0 Å². The van der Waals surface area contributed by atoms with Gasteiger partial charge in [-0.15, -0.1) is 0 Å². The third kappa shape index (κ3) is 4.91. The predicted molar refractivity (Wildman–Crippen MR) is 122 cm³/mol. The van der Waals surface area contributed by atoms with Gasteiger partial charge >= 0.3 is 5.97 Å². The van der Waals surface area contributed by atoms with Gasteiger partial charge in [0.25, 0.3) is 5.91 Å². The van der Waals surface area contributed by atoms with E-state index >= 15 is 0 Å². The van der Waals surface area contributed by atoms with Crippen molar-refractivity contribution < 1.29 is 14.3 Å². The molecule has 0 atom stereocenters. The highest BCUT2D eigenvalue weighted by Crippen LogP contribution is 2.23. The zero-order chi connectivity index (χ0) is 22.5. The van der Waals surface area contributed by atoms with Crippen LogP contribution in [0.2, 0.25) is 0 Å². The average Bonchev–Trinajstić information content (AvgIpc) is 3.00. The largest absolute Gasteiger partial charge is 0.459 e. The summed E-state index contributed by atoms with van der Waals surface area (Å²) in [4.78, 5) is 24.9. The first-order valence-electron chi connectivity index (χ1n) is 10.2. The van der Waals surface area contributed by atoms with Crippen molar-refractivity contribution in [3.05, 3.63) is 88.2 Å². The molecule has 6 nitrogen and oxygen atoms in total. The number of nitrogens with zero attached hydrogens (tertiary/aromatic N) is 2. The lowest BCUT2D eigenvalue weighted by atomic mass is 10.1. The number of benzene rings is 2. The first-order chi connectivity index (χ1) is 14.8. The third-order valence-corrected chi connectivity index (χ3v) is 4.94. The standard InChI is InChI=1S/C25H27N3O3/c1-16(2)31-25(30)22-12-8-9-13-23(22)28-18(4)14-20(19(28)5)15-26-27-24(29)21-11-7-6-10-17(21)3/h6-16H,1-5H3,(H,27,29)/b26-15-. The molecule has 2 aromatic carbocycles. The molecular formula is C25H27N3O3. The summed E-state index contributed by atoms with van der Waals surface area (Å²) in [5.41, 5.74) is 7.97. The summed E-state index contributed by atoms with van der Waals surface area (Å²) in [6.07, 6.45) is 1.41. The summed E-state index contributed by atoms with van der Waals surface area (Å²) in [6, 6.07) is 16.7. The molecule has 0 fully saturated rings. The zero-order valence-corrected chi connectivity index (χ0v) is 18.5. The minimum Gasteiger partial charge on any atom is -0.459 e. The molecule has 6 heteroatoms. The minimum atomic E-state index is -0.362. The fourth-order valence-electron chi connectivity index (χ4n) is 3.46. The summed E-state index contributed by atoms with van der Waals surface area (Å²) < 4.78 is 7.39. The van der Waals surface area contributed by atoms with Gasteiger partial charge in [-0.25, -0.2) is 10.2 Å². The van der Waals surface area contributed by atoms with Gasteiger partial charge < -0.3 is 9.30 Å². The smallest absolute Gasteiger partial charge is 0.340 e. The summed E-state index contributed by atoms with van der Waals surface area (Å²) in [6.45, 7) is 9.44. The first-order valence-corrected chi connectivity index (χ1v) is 10.2. The highest BCUT2D eigenvalue weighted by atomic mass is 16.5. The maximum atomic E-state index is 12.6. The number of para-hydroxylation sites is 1. The molecule has 160 valence electrons. The number of hydrogen-bond donors (Lipinski definition) is 1. The fraction of sp³-hybridized carbons (Fsp3) is 0.240. The van der Waals surface area contributed by atoms with Gasteiger partial charge in [0.2, 0.25) is 0 Å². The Balaban J connectivity index is 1.87. The van der Waals surface area contributed by atoms with E-state index in [0.717, 1.165) is 28.2 Å². The van der Waals surface area contributed by atoms with Crippen molar-refractivity contribution in [1.29, 1.82) is 0 Å². The number of aryl methyl sites for hydroxylation is 2. The molecule has 0 aliphatic rings. The normalized spacial score (nSPS) is 11.2. The van der Waals surface area contributed by atoms with Gasteiger partial charge in [0.1, 0.15) is 0 Å². The Kier molecular flexibility index (Phi) is 6.70. The van der Waals surface area contributed by atoms with Crippen LogP contribution in [0.25, 0.3) is 5.69 Å². The topological polar surface area (TPSA) is 72.7 Å². The number of rotatable bonds is 6. The van der Waals surface area contributed by atoms with E-state index in [4.69, 9.17) is 4.74 Å². The number of esters is 1. The Labute approximate surface area is 182 Å². The van der Waals surface area contributed by atoms with Crippen LogP contribution in [0.3, 0.4) is 0 Å². The lowest BCUT2D eigenvalue weighted by Gasteiger charge is -2.15. The number of hydrogen-bond acceptors (Lipinski definition) is 4. The highest BCUT2D eigenvalue weighted by molar-refractivity contribution is 5.96. The molecule has 31 heavy (non-hydrogen) atoms. The van der Waals surface area contributed by atoms with Crippen molar-refractivity contribution in [3.63, 3.8) is 0 Å². The van der Waals surface area contributed by atoms with Crippen LogP contribution in [-0.2, 0) is 4.74 Å². The predicted octanol–water partition coefficient (Wildman–Crippen LogP) is 4.73. The maximum absolute atomic E-state index is 12.6. The lowest BCUT2D eigenvalue weighted by molar-refractivity contribution is 0.0378. The third-order valence-electron chi connectivity index (χ3n) is 4.94. The number of hydrazone groups is 1. The van der Waals surface area contributed by atoms with E-state index in [1.54, 1.807) is 18.3 Å². The maximum Gasteiger partial charge on any atom is 0.340 e. The van der Waals surface area contributed by atoms with Crippen molar-refractivity contribution in [1.82, 2.24) is 9.99 Å². The van der Waals surface area contributed by atoms with Gasteiger partial charge in [-0.1, -0.05) is 30.3 Å². The molecule has 0 unspecified atom stereocenters. The molecule has 1 aromatic heterocycles. The lowest BCUT2D eigenvalue weighted by Crippen LogP contribution is -2.18. The Bertz CT molecular complexity index is 1140.